The predicted octanol–water partition coefficient (Wildman–Crippen LogP) is 1.10. The van der Waals surface area contributed by atoms with Crippen molar-refractivity contribution in [2.45, 2.75) is 24.4 Å². The second kappa shape index (κ2) is 4.85. The molecule has 3 N–H and O–H groups in total. The third-order valence-electron chi connectivity index (χ3n) is 3.48. The summed E-state index contributed by atoms with van der Waals surface area (Å²) < 4.78 is 1.05. The second-order valence-corrected chi connectivity index (χ2v) is 5.83. The molecule has 1 aromatic carbocycles. The van der Waals surface area contributed by atoms with Gasteiger partial charge in [0, 0.05) is 23.0 Å². The summed E-state index contributed by atoms with van der Waals surface area (Å²) in [5.41, 5.74) is 1.23. The first-order valence-corrected chi connectivity index (χ1v) is 7.03. The summed E-state index contributed by atoms with van der Waals surface area (Å²) >= 11 is 3.45. The van der Waals surface area contributed by atoms with Crippen LogP contribution in [0.15, 0.2) is 28.7 Å². The first-order valence-electron chi connectivity index (χ1n) is 6.23. The van der Waals surface area contributed by atoms with Crippen molar-refractivity contribution in [2.24, 2.45) is 0 Å². The molecule has 0 spiro atoms. The number of benzene rings is 1. The Morgan fingerprint density at radius 3 is 2.95 bits per heavy atom. The standard InChI is InChI=1S/C13H14BrN3O2/c14-8-3-1-2-7(4-8)9-5-10(9)16-12(18)11-6-15-13(19)17-11/h1-4,9-11H,5-6H2,(H,16,18)(H2,15,17,19). The molecule has 0 aromatic heterocycles. The van der Waals surface area contributed by atoms with Gasteiger partial charge in [-0.3, -0.25) is 4.79 Å². The molecule has 3 unspecified atom stereocenters. The molecular formula is C13H14BrN3O2. The van der Waals surface area contributed by atoms with E-state index in [9.17, 15) is 9.59 Å². The third-order valence-corrected chi connectivity index (χ3v) is 3.98. The summed E-state index contributed by atoms with van der Waals surface area (Å²) in [6.07, 6.45) is 0.955. The minimum atomic E-state index is -0.448. The number of nitrogens with one attached hydrogen (secondary N) is 3. The van der Waals surface area contributed by atoms with Crippen LogP contribution in [0.2, 0.25) is 0 Å². The summed E-state index contributed by atoms with van der Waals surface area (Å²) in [5, 5.41) is 8.13. The fourth-order valence-corrected chi connectivity index (χ4v) is 2.77. The van der Waals surface area contributed by atoms with Gasteiger partial charge in [-0.2, -0.15) is 0 Å². The Hall–Kier alpha value is -1.56. The van der Waals surface area contributed by atoms with E-state index in [0.717, 1.165) is 10.9 Å². The maximum Gasteiger partial charge on any atom is 0.315 e. The zero-order chi connectivity index (χ0) is 13.4. The Labute approximate surface area is 119 Å². The lowest BCUT2D eigenvalue weighted by atomic mass is 10.1. The highest BCUT2D eigenvalue weighted by molar-refractivity contribution is 9.10. The highest BCUT2D eigenvalue weighted by atomic mass is 79.9. The van der Waals surface area contributed by atoms with Gasteiger partial charge >= 0.3 is 6.03 Å². The third kappa shape index (κ3) is 2.73. The first-order chi connectivity index (χ1) is 9.13. The normalized spacial score (nSPS) is 28.5. The summed E-state index contributed by atoms with van der Waals surface area (Å²) in [7, 11) is 0. The van der Waals surface area contributed by atoms with Gasteiger partial charge in [0.1, 0.15) is 6.04 Å². The smallest absolute Gasteiger partial charge is 0.315 e. The zero-order valence-corrected chi connectivity index (χ0v) is 11.7. The zero-order valence-electron chi connectivity index (χ0n) is 10.2. The molecule has 1 aliphatic heterocycles. The fourth-order valence-electron chi connectivity index (χ4n) is 2.36. The average Bonchev–Trinajstić information content (AvgIpc) is 3.00. The van der Waals surface area contributed by atoms with Crippen molar-refractivity contribution in [3.05, 3.63) is 34.3 Å². The van der Waals surface area contributed by atoms with E-state index in [1.807, 2.05) is 12.1 Å². The fraction of sp³-hybridized carbons (Fsp3) is 0.385. The van der Waals surface area contributed by atoms with Gasteiger partial charge in [-0.1, -0.05) is 28.1 Å². The van der Waals surface area contributed by atoms with Gasteiger partial charge in [0.05, 0.1) is 0 Å². The molecule has 19 heavy (non-hydrogen) atoms. The van der Waals surface area contributed by atoms with Gasteiger partial charge in [0.2, 0.25) is 5.91 Å². The summed E-state index contributed by atoms with van der Waals surface area (Å²) in [6, 6.07) is 7.59. The number of hydrogen-bond donors (Lipinski definition) is 3. The molecule has 1 heterocycles. The van der Waals surface area contributed by atoms with Crippen LogP contribution in [0.1, 0.15) is 17.9 Å². The largest absolute Gasteiger partial charge is 0.351 e. The van der Waals surface area contributed by atoms with Crippen LogP contribution in [-0.2, 0) is 4.79 Å². The van der Waals surface area contributed by atoms with Crippen LogP contribution in [0.4, 0.5) is 4.79 Å². The van der Waals surface area contributed by atoms with Crippen LogP contribution in [0.5, 0.6) is 0 Å². The molecular weight excluding hydrogens is 310 g/mol. The molecule has 0 bridgehead atoms. The molecule has 1 saturated heterocycles. The van der Waals surface area contributed by atoms with Crippen molar-refractivity contribution < 1.29 is 9.59 Å². The van der Waals surface area contributed by atoms with Crippen molar-refractivity contribution in [2.75, 3.05) is 6.54 Å². The number of halogens is 1. The monoisotopic (exact) mass is 323 g/mol. The molecule has 1 aromatic rings. The van der Waals surface area contributed by atoms with Gasteiger partial charge in [-0.05, 0) is 24.1 Å². The Kier molecular flexibility index (Phi) is 3.18. The lowest BCUT2D eigenvalue weighted by molar-refractivity contribution is -0.122. The molecule has 2 aliphatic rings. The van der Waals surface area contributed by atoms with Crippen LogP contribution < -0.4 is 16.0 Å². The molecule has 3 amide bonds. The number of amides is 3. The van der Waals surface area contributed by atoms with Gasteiger partial charge in [-0.25, -0.2) is 4.79 Å². The molecule has 2 fully saturated rings. The second-order valence-electron chi connectivity index (χ2n) is 4.92. The lowest BCUT2D eigenvalue weighted by Gasteiger charge is -2.09. The van der Waals surface area contributed by atoms with E-state index in [4.69, 9.17) is 0 Å². The maximum atomic E-state index is 11.9. The van der Waals surface area contributed by atoms with Gasteiger partial charge in [-0.15, -0.1) is 0 Å². The molecule has 3 rings (SSSR count). The van der Waals surface area contributed by atoms with Crippen LogP contribution in [0.25, 0.3) is 0 Å². The average molecular weight is 324 g/mol. The Morgan fingerprint density at radius 1 is 1.42 bits per heavy atom. The SMILES string of the molecule is O=C1NCC(C(=O)NC2CC2c2cccc(Br)c2)N1. The van der Waals surface area contributed by atoms with Crippen molar-refractivity contribution >= 4 is 27.9 Å². The van der Waals surface area contributed by atoms with Gasteiger partial charge in [0.15, 0.2) is 0 Å². The Balaban J connectivity index is 1.56. The van der Waals surface area contributed by atoms with Gasteiger partial charge < -0.3 is 16.0 Å². The topological polar surface area (TPSA) is 70.2 Å². The number of hydrogen-bond acceptors (Lipinski definition) is 2. The lowest BCUT2D eigenvalue weighted by Crippen LogP contribution is -2.44. The van der Waals surface area contributed by atoms with E-state index >= 15 is 0 Å². The quantitative estimate of drug-likeness (QED) is 0.779. The van der Waals surface area contributed by atoms with E-state index in [0.29, 0.717) is 12.5 Å². The highest BCUT2D eigenvalue weighted by Gasteiger charge is 2.41. The molecule has 3 atom stereocenters. The molecule has 100 valence electrons. The van der Waals surface area contributed by atoms with Crippen molar-refractivity contribution in [1.82, 2.24) is 16.0 Å². The molecule has 5 nitrogen and oxygen atoms in total. The van der Waals surface area contributed by atoms with Crippen LogP contribution in [0, 0.1) is 0 Å². The summed E-state index contributed by atoms with van der Waals surface area (Å²) in [6.45, 7) is 0.360. The minimum absolute atomic E-state index is 0.110. The molecule has 0 radical (unpaired) electrons. The minimum Gasteiger partial charge on any atom is -0.351 e. The molecule has 6 heteroatoms. The van der Waals surface area contributed by atoms with E-state index < -0.39 is 6.04 Å². The predicted molar refractivity (Wildman–Crippen MR) is 73.8 cm³/mol. The highest BCUT2D eigenvalue weighted by Crippen LogP contribution is 2.41. The first kappa shape index (κ1) is 12.5. The number of carbonyl (C=O) groups excluding carboxylic acids is 2. The van der Waals surface area contributed by atoms with Crippen molar-refractivity contribution in [1.29, 1.82) is 0 Å². The number of urea groups is 1. The molecule has 1 saturated carbocycles. The van der Waals surface area contributed by atoms with Crippen LogP contribution >= 0.6 is 15.9 Å². The van der Waals surface area contributed by atoms with E-state index in [2.05, 4.69) is 44.0 Å². The van der Waals surface area contributed by atoms with Crippen LogP contribution in [0.3, 0.4) is 0 Å². The van der Waals surface area contributed by atoms with Crippen molar-refractivity contribution in [3.63, 3.8) is 0 Å². The van der Waals surface area contributed by atoms with E-state index in [1.165, 1.54) is 5.56 Å². The van der Waals surface area contributed by atoms with Crippen LogP contribution in [-0.4, -0.2) is 30.6 Å². The Bertz CT molecular complexity index is 534. The number of carbonyl (C=O) groups is 2. The van der Waals surface area contributed by atoms with E-state index in [1.54, 1.807) is 0 Å². The number of rotatable bonds is 3. The summed E-state index contributed by atoms with van der Waals surface area (Å²) in [5.74, 6) is 0.271. The van der Waals surface area contributed by atoms with Crippen molar-refractivity contribution in [3.8, 4) is 0 Å². The Morgan fingerprint density at radius 2 is 2.26 bits per heavy atom. The maximum absolute atomic E-state index is 11.9. The molecule has 1 aliphatic carbocycles. The summed E-state index contributed by atoms with van der Waals surface area (Å²) in [4.78, 5) is 22.9. The van der Waals surface area contributed by atoms with Gasteiger partial charge in [0.25, 0.3) is 0 Å². The van der Waals surface area contributed by atoms with E-state index in [-0.39, 0.29) is 18.0 Å².